The number of ether oxygens (including phenoxy) is 1. The van der Waals surface area contributed by atoms with E-state index in [1.165, 1.54) is 6.07 Å². The Hall–Kier alpha value is -2.48. The lowest BCUT2D eigenvalue weighted by atomic mass is 9.96. The minimum absolute atomic E-state index is 0.0446. The molecular formula is C16H15F3N4O. The fourth-order valence-electron chi connectivity index (χ4n) is 2.28. The summed E-state index contributed by atoms with van der Waals surface area (Å²) >= 11 is 0. The zero-order chi connectivity index (χ0) is 17.5. The van der Waals surface area contributed by atoms with Gasteiger partial charge in [0.1, 0.15) is 0 Å². The van der Waals surface area contributed by atoms with E-state index in [1.54, 1.807) is 25.3 Å². The summed E-state index contributed by atoms with van der Waals surface area (Å²) < 4.78 is 44.9. The number of methoxy groups -OCH3 is 1. The van der Waals surface area contributed by atoms with Gasteiger partial charge in [0.2, 0.25) is 0 Å². The Bertz CT molecular complexity index is 869. The first-order chi connectivity index (χ1) is 11.2. The van der Waals surface area contributed by atoms with Crippen LogP contribution in [0.15, 0.2) is 36.4 Å². The van der Waals surface area contributed by atoms with Crippen LogP contribution in [0.25, 0.3) is 16.9 Å². The first-order valence-electron chi connectivity index (χ1n) is 7.18. The minimum Gasteiger partial charge on any atom is -0.374 e. The zero-order valence-corrected chi connectivity index (χ0v) is 13.3. The van der Waals surface area contributed by atoms with Crippen LogP contribution in [-0.2, 0) is 16.5 Å². The van der Waals surface area contributed by atoms with Gasteiger partial charge in [-0.15, -0.1) is 10.2 Å². The summed E-state index contributed by atoms with van der Waals surface area (Å²) in [6.07, 6.45) is -4.61. The van der Waals surface area contributed by atoms with Crippen molar-refractivity contribution in [3.8, 4) is 11.3 Å². The van der Waals surface area contributed by atoms with Crippen molar-refractivity contribution in [1.29, 1.82) is 0 Å². The molecule has 0 aliphatic heterocycles. The Morgan fingerprint density at radius 3 is 2.21 bits per heavy atom. The third kappa shape index (κ3) is 2.84. The number of hydrogen-bond acceptors (Lipinski definition) is 4. The van der Waals surface area contributed by atoms with E-state index in [2.05, 4.69) is 15.3 Å². The lowest BCUT2D eigenvalue weighted by Crippen LogP contribution is -2.19. The van der Waals surface area contributed by atoms with Crippen LogP contribution in [0.4, 0.5) is 13.2 Å². The summed E-state index contributed by atoms with van der Waals surface area (Å²) in [6.45, 7) is 3.86. The van der Waals surface area contributed by atoms with Crippen molar-refractivity contribution in [1.82, 2.24) is 19.8 Å². The number of fused-ring (bicyclic) bond motifs is 1. The molecule has 126 valence electrons. The normalized spacial score (nSPS) is 12.8. The van der Waals surface area contributed by atoms with Crippen LogP contribution in [0.2, 0.25) is 0 Å². The van der Waals surface area contributed by atoms with Crippen molar-refractivity contribution in [2.45, 2.75) is 25.6 Å². The Balaban J connectivity index is 2.04. The highest BCUT2D eigenvalue weighted by atomic mass is 19.4. The fourth-order valence-corrected chi connectivity index (χ4v) is 2.28. The summed E-state index contributed by atoms with van der Waals surface area (Å²) in [4.78, 5) is 0. The molecule has 2 aromatic heterocycles. The van der Waals surface area contributed by atoms with Gasteiger partial charge in [-0.25, -0.2) is 0 Å². The van der Waals surface area contributed by atoms with Gasteiger partial charge >= 0.3 is 6.18 Å². The van der Waals surface area contributed by atoms with E-state index in [1.807, 2.05) is 26.0 Å². The summed E-state index contributed by atoms with van der Waals surface area (Å²) in [5, 5.41) is 10.7. The average molecular weight is 336 g/mol. The van der Waals surface area contributed by atoms with Crippen LogP contribution in [0.3, 0.4) is 0 Å². The Morgan fingerprint density at radius 1 is 0.958 bits per heavy atom. The molecule has 0 radical (unpaired) electrons. The summed E-state index contributed by atoms with van der Waals surface area (Å²) in [5.41, 5.74) is 1.63. The van der Waals surface area contributed by atoms with E-state index in [0.717, 1.165) is 5.56 Å². The van der Waals surface area contributed by atoms with E-state index >= 15 is 0 Å². The Labute approximate surface area is 136 Å². The van der Waals surface area contributed by atoms with Gasteiger partial charge in [-0.2, -0.15) is 22.8 Å². The van der Waals surface area contributed by atoms with E-state index in [0.29, 0.717) is 15.8 Å². The molecular weight excluding hydrogens is 321 g/mol. The van der Waals surface area contributed by atoms with Crippen molar-refractivity contribution in [3.05, 3.63) is 47.8 Å². The van der Waals surface area contributed by atoms with Gasteiger partial charge in [0.25, 0.3) is 5.82 Å². The molecule has 0 aliphatic carbocycles. The molecule has 0 saturated carbocycles. The molecule has 3 aromatic rings. The maximum Gasteiger partial charge on any atom is 0.453 e. The second-order valence-electron chi connectivity index (χ2n) is 5.80. The van der Waals surface area contributed by atoms with Crippen LogP contribution in [0.1, 0.15) is 25.2 Å². The topological polar surface area (TPSA) is 52.3 Å². The SMILES string of the molecule is COC(C)(C)c1ccc(-c2ccc3nnc(C(F)(F)F)n3n2)cc1. The van der Waals surface area contributed by atoms with E-state index in [4.69, 9.17) is 4.74 Å². The maximum atomic E-state index is 12.9. The molecule has 8 heteroatoms. The number of nitrogens with zero attached hydrogens (tertiary/aromatic N) is 4. The predicted octanol–water partition coefficient (Wildman–Crippen LogP) is 3.69. The number of aromatic nitrogens is 4. The molecule has 0 spiro atoms. The van der Waals surface area contributed by atoms with E-state index < -0.39 is 17.6 Å². The maximum absolute atomic E-state index is 12.9. The highest BCUT2D eigenvalue weighted by Crippen LogP contribution is 2.29. The van der Waals surface area contributed by atoms with Gasteiger partial charge in [-0.3, -0.25) is 0 Å². The average Bonchev–Trinajstić information content (AvgIpc) is 2.98. The lowest BCUT2D eigenvalue weighted by Gasteiger charge is -2.23. The Kier molecular flexibility index (Phi) is 3.79. The van der Waals surface area contributed by atoms with Gasteiger partial charge in [0.05, 0.1) is 11.3 Å². The third-order valence-corrected chi connectivity index (χ3v) is 3.90. The number of hydrogen-bond donors (Lipinski definition) is 0. The fraction of sp³-hybridized carbons (Fsp3) is 0.312. The van der Waals surface area contributed by atoms with Crippen LogP contribution in [0.5, 0.6) is 0 Å². The molecule has 2 heterocycles. The van der Waals surface area contributed by atoms with Crippen molar-refractivity contribution >= 4 is 5.65 Å². The zero-order valence-electron chi connectivity index (χ0n) is 13.3. The van der Waals surface area contributed by atoms with Crippen LogP contribution in [0, 0.1) is 0 Å². The Morgan fingerprint density at radius 2 is 1.62 bits per heavy atom. The van der Waals surface area contributed by atoms with Gasteiger partial charge in [-0.1, -0.05) is 24.3 Å². The highest BCUT2D eigenvalue weighted by molar-refractivity contribution is 5.60. The van der Waals surface area contributed by atoms with Gasteiger partial charge in [-0.05, 0) is 31.5 Å². The molecule has 5 nitrogen and oxygen atoms in total. The highest BCUT2D eigenvalue weighted by Gasteiger charge is 2.37. The summed E-state index contributed by atoms with van der Waals surface area (Å²) in [6, 6.07) is 10.4. The molecule has 0 fully saturated rings. The molecule has 0 aliphatic rings. The van der Waals surface area contributed by atoms with Gasteiger partial charge in [0.15, 0.2) is 5.65 Å². The summed E-state index contributed by atoms with van der Waals surface area (Å²) in [7, 11) is 1.62. The first-order valence-corrected chi connectivity index (χ1v) is 7.18. The number of rotatable bonds is 3. The number of halogens is 3. The molecule has 0 saturated heterocycles. The minimum atomic E-state index is -4.61. The number of alkyl halides is 3. The second kappa shape index (κ2) is 5.55. The van der Waals surface area contributed by atoms with Crippen molar-refractivity contribution < 1.29 is 17.9 Å². The molecule has 0 unspecified atom stereocenters. The van der Waals surface area contributed by atoms with Crippen LogP contribution >= 0.6 is 0 Å². The molecule has 0 atom stereocenters. The predicted molar refractivity (Wildman–Crippen MR) is 81.3 cm³/mol. The van der Waals surface area contributed by atoms with Crippen LogP contribution < -0.4 is 0 Å². The first kappa shape index (κ1) is 16.4. The molecule has 3 rings (SSSR count). The quantitative estimate of drug-likeness (QED) is 0.732. The van der Waals surface area contributed by atoms with Crippen molar-refractivity contribution in [2.75, 3.05) is 7.11 Å². The van der Waals surface area contributed by atoms with Gasteiger partial charge in [0, 0.05) is 12.7 Å². The standard InChI is InChI=1S/C16H15F3N4O/c1-15(2,24-3)11-6-4-10(5-7-11)12-8-9-13-20-21-14(16(17,18)19)23(13)22-12/h4-9H,1-3H3. The van der Waals surface area contributed by atoms with Crippen LogP contribution in [-0.4, -0.2) is 26.9 Å². The second-order valence-corrected chi connectivity index (χ2v) is 5.80. The smallest absolute Gasteiger partial charge is 0.374 e. The lowest BCUT2D eigenvalue weighted by molar-refractivity contribution is -0.146. The largest absolute Gasteiger partial charge is 0.453 e. The molecule has 0 amide bonds. The van der Waals surface area contributed by atoms with Gasteiger partial charge < -0.3 is 4.74 Å². The molecule has 0 bridgehead atoms. The molecule has 0 N–H and O–H groups in total. The molecule has 1 aromatic carbocycles. The summed E-state index contributed by atoms with van der Waals surface area (Å²) in [5.74, 6) is -1.14. The number of benzene rings is 1. The monoisotopic (exact) mass is 336 g/mol. The third-order valence-electron chi connectivity index (χ3n) is 3.90. The van der Waals surface area contributed by atoms with E-state index in [9.17, 15) is 13.2 Å². The molecule has 24 heavy (non-hydrogen) atoms. The van der Waals surface area contributed by atoms with Crippen molar-refractivity contribution in [3.63, 3.8) is 0 Å². The van der Waals surface area contributed by atoms with E-state index in [-0.39, 0.29) is 5.65 Å². The van der Waals surface area contributed by atoms with Crippen molar-refractivity contribution in [2.24, 2.45) is 0 Å².